The van der Waals surface area contributed by atoms with Gasteiger partial charge in [0.05, 0.1) is 5.69 Å². The van der Waals surface area contributed by atoms with Crippen molar-refractivity contribution in [1.29, 1.82) is 0 Å². The van der Waals surface area contributed by atoms with Gasteiger partial charge in [-0.15, -0.1) is 0 Å². The molecule has 3 atom stereocenters. The second-order valence-corrected chi connectivity index (χ2v) is 7.09. The van der Waals surface area contributed by atoms with Crippen molar-refractivity contribution in [3.63, 3.8) is 0 Å². The highest BCUT2D eigenvalue weighted by molar-refractivity contribution is 6.08. The minimum atomic E-state index is -4.59. The third-order valence-corrected chi connectivity index (χ3v) is 5.02. The van der Waals surface area contributed by atoms with Crippen molar-refractivity contribution in [3.05, 3.63) is 35.8 Å². The fourth-order valence-electron chi connectivity index (χ4n) is 3.63. The van der Waals surface area contributed by atoms with E-state index in [0.717, 1.165) is 29.3 Å². The van der Waals surface area contributed by atoms with E-state index in [1.165, 1.54) is 19.0 Å². The molecular weight excluding hydrogens is 434 g/mol. The lowest BCUT2D eigenvalue weighted by atomic mass is 9.90. The lowest BCUT2D eigenvalue weighted by Gasteiger charge is -2.25. The quantitative estimate of drug-likeness (QED) is 0.530. The molecule has 2 heterocycles. The van der Waals surface area contributed by atoms with Crippen molar-refractivity contribution in [2.24, 2.45) is 11.8 Å². The first-order valence-corrected chi connectivity index (χ1v) is 8.97. The maximum atomic E-state index is 13.9. The van der Waals surface area contributed by atoms with E-state index in [4.69, 9.17) is 0 Å². The molecule has 1 fully saturated rings. The Labute approximate surface area is 172 Å². The number of ether oxygens (including phenoxy) is 1. The van der Waals surface area contributed by atoms with Gasteiger partial charge in [-0.05, 0) is 18.2 Å². The van der Waals surface area contributed by atoms with Gasteiger partial charge in [-0.1, -0.05) is 6.07 Å². The first-order chi connectivity index (χ1) is 14.4. The molecule has 170 valence electrons. The Kier molecular flexibility index (Phi) is 6.07. The number of likely N-dealkylation sites (tertiary alicyclic amines) is 1. The molecule has 0 spiro atoms. The lowest BCUT2D eigenvalue weighted by Crippen LogP contribution is -2.44. The van der Waals surface area contributed by atoms with Crippen molar-refractivity contribution in [2.45, 2.75) is 18.8 Å². The van der Waals surface area contributed by atoms with Gasteiger partial charge >= 0.3 is 12.8 Å². The number of hydrogen-bond donors (Lipinski definition) is 2. The van der Waals surface area contributed by atoms with E-state index in [9.17, 15) is 35.9 Å². The Morgan fingerprint density at radius 3 is 2.55 bits per heavy atom. The fraction of sp³-hybridized carbons (Fsp3) is 0.444. The zero-order valence-electron chi connectivity index (χ0n) is 16.2. The third kappa shape index (κ3) is 4.55. The molecular formula is C18H18F6N4O3. The molecule has 2 N–H and O–H groups in total. The average Bonchev–Trinajstić information content (AvgIpc) is 3.18. The second-order valence-electron chi connectivity index (χ2n) is 7.09. The van der Waals surface area contributed by atoms with Crippen molar-refractivity contribution < 1.29 is 40.7 Å². The van der Waals surface area contributed by atoms with Crippen LogP contribution in [0.1, 0.15) is 0 Å². The van der Waals surface area contributed by atoms with Gasteiger partial charge < -0.3 is 20.0 Å². The molecule has 0 aromatic heterocycles. The largest absolute Gasteiger partial charge is 0.429 e. The maximum absolute atomic E-state index is 13.9. The van der Waals surface area contributed by atoms with E-state index in [-0.39, 0.29) is 12.2 Å². The Balaban J connectivity index is 1.89. The number of halogens is 6. The first-order valence-electron chi connectivity index (χ1n) is 8.97. The monoisotopic (exact) mass is 452 g/mol. The minimum absolute atomic E-state index is 0.0527. The van der Waals surface area contributed by atoms with Crippen LogP contribution in [-0.4, -0.2) is 61.2 Å². The van der Waals surface area contributed by atoms with E-state index < -0.39 is 59.7 Å². The van der Waals surface area contributed by atoms with E-state index >= 15 is 0 Å². The fourth-order valence-corrected chi connectivity index (χ4v) is 3.63. The SMILES string of the molecule is CN1C[C@H](C2=CC(C(F)(F)F)NN2C)[C@@H](C(=O)Nc2cccc(F)c2OC(F)F)C1=O. The van der Waals surface area contributed by atoms with Crippen LogP contribution in [-0.2, 0) is 9.59 Å². The molecule has 3 rings (SSSR count). The van der Waals surface area contributed by atoms with E-state index in [1.54, 1.807) is 0 Å². The summed E-state index contributed by atoms with van der Waals surface area (Å²) >= 11 is 0. The topological polar surface area (TPSA) is 73.9 Å². The molecule has 13 heteroatoms. The predicted octanol–water partition coefficient (Wildman–Crippen LogP) is 2.33. The molecule has 2 aliphatic heterocycles. The van der Waals surface area contributed by atoms with Crippen LogP contribution in [0.3, 0.4) is 0 Å². The van der Waals surface area contributed by atoms with Gasteiger partial charge in [0.25, 0.3) is 0 Å². The number of alkyl halides is 5. The standard InChI is InChI=1S/C18H18F6N4O3/c1-27-7-8(11-6-12(18(22,23)24)26-28(11)2)13(16(27)30)15(29)25-10-5-3-4-9(19)14(10)31-17(20)21/h3-6,8,12-13,17,26H,7H2,1-2H3,(H,25,29)/t8-,12?,13+/m1/s1. The molecule has 0 aliphatic carbocycles. The van der Waals surface area contributed by atoms with Gasteiger partial charge in [0.2, 0.25) is 11.8 Å². The molecule has 1 aromatic rings. The molecule has 0 radical (unpaired) electrons. The van der Waals surface area contributed by atoms with Crippen LogP contribution < -0.4 is 15.5 Å². The number of carbonyl (C=O) groups is 2. The van der Waals surface area contributed by atoms with Gasteiger partial charge in [-0.2, -0.15) is 22.0 Å². The summed E-state index contributed by atoms with van der Waals surface area (Å²) in [7, 11) is 2.69. The highest BCUT2D eigenvalue weighted by Crippen LogP contribution is 2.37. The van der Waals surface area contributed by atoms with Crippen LogP contribution in [0.15, 0.2) is 30.0 Å². The normalized spacial score (nSPS) is 24.1. The number of anilines is 1. The summed E-state index contributed by atoms with van der Waals surface area (Å²) in [6.07, 6.45) is -3.71. The summed E-state index contributed by atoms with van der Waals surface area (Å²) in [6.45, 7) is -3.43. The summed E-state index contributed by atoms with van der Waals surface area (Å²) in [5.41, 5.74) is 1.83. The highest BCUT2D eigenvalue weighted by Gasteiger charge is 2.50. The minimum Gasteiger partial charge on any atom is -0.429 e. The van der Waals surface area contributed by atoms with Gasteiger partial charge in [0, 0.05) is 32.3 Å². The molecule has 1 saturated heterocycles. The summed E-state index contributed by atoms with van der Waals surface area (Å²) in [5, 5.41) is 3.27. The Morgan fingerprint density at radius 2 is 1.97 bits per heavy atom. The molecule has 2 amide bonds. The molecule has 2 aliphatic rings. The number of hydrazine groups is 1. The summed E-state index contributed by atoms with van der Waals surface area (Å²) < 4.78 is 82.4. The van der Waals surface area contributed by atoms with Crippen molar-refractivity contribution in [2.75, 3.05) is 26.0 Å². The van der Waals surface area contributed by atoms with Crippen LogP contribution in [0.4, 0.5) is 32.0 Å². The molecule has 31 heavy (non-hydrogen) atoms. The van der Waals surface area contributed by atoms with Crippen LogP contribution in [0.5, 0.6) is 5.75 Å². The Bertz CT molecular complexity index is 907. The zero-order chi connectivity index (χ0) is 23.1. The zero-order valence-corrected chi connectivity index (χ0v) is 16.2. The second kappa shape index (κ2) is 8.29. The Morgan fingerprint density at radius 1 is 1.29 bits per heavy atom. The van der Waals surface area contributed by atoms with Crippen molar-refractivity contribution in [1.82, 2.24) is 15.3 Å². The number of nitrogens with one attached hydrogen (secondary N) is 2. The predicted molar refractivity (Wildman–Crippen MR) is 95.1 cm³/mol. The van der Waals surface area contributed by atoms with Gasteiger partial charge in [0.1, 0.15) is 12.0 Å². The smallest absolute Gasteiger partial charge is 0.409 e. The number of amides is 2. The molecule has 1 aromatic carbocycles. The summed E-state index contributed by atoms with van der Waals surface area (Å²) in [6, 6.07) is 1.07. The van der Waals surface area contributed by atoms with Gasteiger partial charge in [-0.25, -0.2) is 9.82 Å². The Hall–Kier alpha value is -2.96. The number of hydrogen-bond acceptors (Lipinski definition) is 5. The highest BCUT2D eigenvalue weighted by atomic mass is 19.4. The number of para-hydroxylation sites is 1. The van der Waals surface area contributed by atoms with Crippen molar-refractivity contribution >= 4 is 17.5 Å². The van der Waals surface area contributed by atoms with E-state index in [1.807, 2.05) is 0 Å². The van der Waals surface area contributed by atoms with Crippen LogP contribution >= 0.6 is 0 Å². The molecule has 7 nitrogen and oxygen atoms in total. The summed E-state index contributed by atoms with van der Waals surface area (Å²) in [5.74, 6) is -6.18. The summed E-state index contributed by atoms with van der Waals surface area (Å²) in [4.78, 5) is 26.6. The van der Waals surface area contributed by atoms with E-state index in [2.05, 4.69) is 15.5 Å². The van der Waals surface area contributed by atoms with Gasteiger partial charge in [0.15, 0.2) is 11.6 Å². The average molecular weight is 452 g/mol. The van der Waals surface area contributed by atoms with Crippen molar-refractivity contribution in [3.8, 4) is 5.75 Å². The number of benzene rings is 1. The number of nitrogens with zero attached hydrogens (tertiary/aromatic N) is 2. The van der Waals surface area contributed by atoms with Crippen LogP contribution in [0.2, 0.25) is 0 Å². The number of carbonyl (C=O) groups excluding carboxylic acids is 2. The number of rotatable bonds is 5. The van der Waals surface area contributed by atoms with Crippen LogP contribution in [0.25, 0.3) is 0 Å². The molecule has 0 bridgehead atoms. The molecule has 1 unspecified atom stereocenters. The van der Waals surface area contributed by atoms with E-state index in [0.29, 0.717) is 0 Å². The third-order valence-electron chi connectivity index (χ3n) is 5.02. The maximum Gasteiger partial charge on any atom is 0.409 e. The van der Waals surface area contributed by atoms with Gasteiger partial charge in [-0.3, -0.25) is 9.59 Å². The lowest BCUT2D eigenvalue weighted by molar-refractivity contribution is -0.149. The first kappa shape index (κ1) is 22.7. The van der Waals surface area contributed by atoms with Crippen LogP contribution in [0, 0.1) is 17.7 Å². The molecule has 0 saturated carbocycles.